The average Bonchev–Trinajstić information content (AvgIpc) is 3.35. The van der Waals surface area contributed by atoms with Crippen LogP contribution in [0.3, 0.4) is 0 Å². The SMILES string of the molecule is CC1=CC=CCC1(C1CCCCC1)S(=O)(=O)c1ncc2cnc3[nH]ccc3n12. The summed E-state index contributed by atoms with van der Waals surface area (Å²) < 4.78 is 29.4. The molecule has 5 rings (SSSR count). The van der Waals surface area contributed by atoms with E-state index in [4.69, 9.17) is 0 Å². The number of hydrogen-bond acceptors (Lipinski definition) is 4. The minimum Gasteiger partial charge on any atom is -0.345 e. The molecule has 1 unspecified atom stereocenters. The Labute approximate surface area is 164 Å². The van der Waals surface area contributed by atoms with E-state index in [1.54, 1.807) is 23.0 Å². The molecular weight excluding hydrogens is 372 g/mol. The van der Waals surface area contributed by atoms with Gasteiger partial charge in [-0.1, -0.05) is 43.1 Å². The highest BCUT2D eigenvalue weighted by molar-refractivity contribution is 7.93. The number of sulfone groups is 1. The molecule has 1 fully saturated rings. The zero-order chi connectivity index (χ0) is 19.4. The number of aromatic amines is 1. The van der Waals surface area contributed by atoms with Crippen LogP contribution in [0.4, 0.5) is 0 Å². The zero-order valence-electron chi connectivity index (χ0n) is 15.9. The molecule has 6 nitrogen and oxygen atoms in total. The molecule has 28 heavy (non-hydrogen) atoms. The van der Waals surface area contributed by atoms with Crippen LogP contribution in [-0.4, -0.2) is 32.5 Å². The van der Waals surface area contributed by atoms with Gasteiger partial charge in [-0.3, -0.25) is 4.40 Å². The van der Waals surface area contributed by atoms with E-state index in [0.29, 0.717) is 17.6 Å². The first-order valence-electron chi connectivity index (χ1n) is 9.94. The fourth-order valence-electron chi connectivity index (χ4n) is 5.16. The van der Waals surface area contributed by atoms with Gasteiger partial charge in [0.2, 0.25) is 15.0 Å². The summed E-state index contributed by atoms with van der Waals surface area (Å²) in [7, 11) is -3.73. The highest BCUT2D eigenvalue weighted by Crippen LogP contribution is 2.48. The van der Waals surface area contributed by atoms with Crippen molar-refractivity contribution in [3.05, 3.63) is 48.5 Å². The molecule has 3 heterocycles. The molecule has 7 heteroatoms. The molecule has 0 bridgehead atoms. The Balaban J connectivity index is 1.78. The summed E-state index contributed by atoms with van der Waals surface area (Å²) in [5.41, 5.74) is 3.01. The minimum absolute atomic E-state index is 0.114. The number of nitrogens with one attached hydrogen (secondary N) is 1. The summed E-state index contributed by atoms with van der Waals surface area (Å²) in [5.74, 6) is 0.114. The third kappa shape index (κ3) is 2.28. The van der Waals surface area contributed by atoms with E-state index in [1.807, 2.05) is 31.2 Å². The maximum absolute atomic E-state index is 14.3. The molecule has 0 radical (unpaired) electrons. The number of H-pyrrole nitrogens is 1. The van der Waals surface area contributed by atoms with Crippen LogP contribution in [0.15, 0.2) is 53.6 Å². The predicted molar refractivity (Wildman–Crippen MR) is 109 cm³/mol. The van der Waals surface area contributed by atoms with E-state index >= 15 is 0 Å². The van der Waals surface area contributed by atoms with Crippen molar-refractivity contribution >= 4 is 26.5 Å². The molecule has 2 aliphatic carbocycles. The Kier molecular flexibility index (Phi) is 3.98. The van der Waals surface area contributed by atoms with Gasteiger partial charge >= 0.3 is 0 Å². The summed E-state index contributed by atoms with van der Waals surface area (Å²) in [4.78, 5) is 11.8. The lowest BCUT2D eigenvalue weighted by Gasteiger charge is -2.43. The second-order valence-corrected chi connectivity index (χ2v) is 10.1. The van der Waals surface area contributed by atoms with Gasteiger partial charge in [0.05, 0.1) is 23.4 Å². The van der Waals surface area contributed by atoms with Gasteiger partial charge in [0.1, 0.15) is 4.75 Å². The number of hydrogen-bond donors (Lipinski definition) is 1. The molecule has 0 amide bonds. The normalized spacial score (nSPS) is 24.1. The molecule has 0 saturated heterocycles. The van der Waals surface area contributed by atoms with Gasteiger partial charge in [0.15, 0.2) is 5.65 Å². The number of allylic oxidation sites excluding steroid dienone is 3. The van der Waals surface area contributed by atoms with Crippen LogP contribution in [-0.2, 0) is 9.84 Å². The van der Waals surface area contributed by atoms with Crippen LogP contribution in [0.1, 0.15) is 45.4 Å². The first kappa shape index (κ1) is 17.7. The summed E-state index contributed by atoms with van der Waals surface area (Å²) in [6, 6.07) is 1.85. The van der Waals surface area contributed by atoms with Crippen LogP contribution >= 0.6 is 0 Å². The topological polar surface area (TPSA) is 80.1 Å². The highest BCUT2D eigenvalue weighted by Gasteiger charge is 2.53. The van der Waals surface area contributed by atoms with E-state index in [1.165, 1.54) is 6.42 Å². The average molecular weight is 397 g/mol. The summed E-state index contributed by atoms with van der Waals surface area (Å²) in [6.45, 7) is 1.97. The molecule has 1 N–H and O–H groups in total. The fraction of sp³-hybridized carbons (Fsp3) is 0.429. The van der Waals surface area contributed by atoms with Crippen LogP contribution in [0.5, 0.6) is 0 Å². The largest absolute Gasteiger partial charge is 0.345 e. The van der Waals surface area contributed by atoms with Gasteiger partial charge in [-0.05, 0) is 38.2 Å². The molecule has 0 aliphatic heterocycles. The van der Waals surface area contributed by atoms with Crippen molar-refractivity contribution < 1.29 is 8.42 Å². The minimum atomic E-state index is -3.73. The van der Waals surface area contributed by atoms with Gasteiger partial charge in [0, 0.05) is 6.20 Å². The van der Waals surface area contributed by atoms with Crippen molar-refractivity contribution in [2.75, 3.05) is 0 Å². The fourth-order valence-corrected chi connectivity index (χ4v) is 7.60. The summed E-state index contributed by atoms with van der Waals surface area (Å²) in [6.07, 6.45) is 16.8. The van der Waals surface area contributed by atoms with Crippen molar-refractivity contribution in [2.45, 2.75) is 55.4 Å². The monoisotopic (exact) mass is 396 g/mol. The standard InChI is InChI=1S/C21H24N4O2S/c1-15-7-5-6-11-21(15,16-8-3-2-4-9-16)28(26,27)20-24-14-17-13-23-19-18(25(17)20)10-12-22-19/h5-7,10,12-14,16,22H,2-4,8-9,11H2,1H3. The Morgan fingerprint density at radius 1 is 1.18 bits per heavy atom. The lowest BCUT2D eigenvalue weighted by atomic mass is 9.73. The number of rotatable bonds is 3. The molecule has 3 aromatic rings. The van der Waals surface area contributed by atoms with Crippen LogP contribution in [0, 0.1) is 5.92 Å². The first-order chi connectivity index (χ1) is 13.6. The van der Waals surface area contributed by atoms with E-state index in [9.17, 15) is 8.42 Å². The van der Waals surface area contributed by atoms with Gasteiger partial charge < -0.3 is 4.98 Å². The molecule has 2 aliphatic rings. The second-order valence-electron chi connectivity index (χ2n) is 7.98. The summed E-state index contributed by atoms with van der Waals surface area (Å²) >= 11 is 0. The van der Waals surface area contributed by atoms with Gasteiger partial charge in [-0.2, -0.15) is 0 Å². The molecule has 3 aromatic heterocycles. The van der Waals surface area contributed by atoms with Crippen molar-refractivity contribution in [1.82, 2.24) is 19.4 Å². The number of nitrogens with zero attached hydrogens (tertiary/aromatic N) is 3. The van der Waals surface area contributed by atoms with E-state index in [-0.39, 0.29) is 11.1 Å². The lowest BCUT2D eigenvalue weighted by molar-refractivity contribution is 0.288. The number of fused-ring (bicyclic) bond motifs is 3. The van der Waals surface area contributed by atoms with Crippen molar-refractivity contribution in [3.8, 4) is 0 Å². The molecule has 1 saturated carbocycles. The predicted octanol–water partition coefficient (Wildman–Crippen LogP) is 4.21. The smallest absolute Gasteiger partial charge is 0.233 e. The Morgan fingerprint density at radius 2 is 1.96 bits per heavy atom. The highest BCUT2D eigenvalue weighted by atomic mass is 32.2. The molecular formula is C21H24N4O2S. The van der Waals surface area contributed by atoms with Crippen LogP contribution in [0.2, 0.25) is 0 Å². The van der Waals surface area contributed by atoms with E-state index in [2.05, 4.69) is 15.0 Å². The zero-order valence-corrected chi connectivity index (χ0v) is 16.7. The second kappa shape index (κ2) is 6.30. The van der Waals surface area contributed by atoms with Gasteiger partial charge in [-0.15, -0.1) is 0 Å². The van der Waals surface area contributed by atoms with Gasteiger partial charge in [-0.25, -0.2) is 18.4 Å². The molecule has 1 atom stereocenters. The number of imidazole rings is 1. The molecule has 146 valence electrons. The van der Waals surface area contributed by atoms with Crippen molar-refractivity contribution in [2.24, 2.45) is 5.92 Å². The first-order valence-corrected chi connectivity index (χ1v) is 11.4. The van der Waals surface area contributed by atoms with E-state index in [0.717, 1.165) is 36.8 Å². The maximum Gasteiger partial charge on any atom is 0.233 e. The summed E-state index contributed by atoms with van der Waals surface area (Å²) in [5, 5.41) is 0.128. The molecule has 0 aromatic carbocycles. The van der Waals surface area contributed by atoms with Crippen molar-refractivity contribution in [3.63, 3.8) is 0 Å². The quantitative estimate of drug-likeness (QED) is 0.719. The Bertz CT molecular complexity index is 1210. The van der Waals surface area contributed by atoms with E-state index < -0.39 is 14.6 Å². The maximum atomic E-state index is 14.3. The third-order valence-electron chi connectivity index (χ3n) is 6.58. The van der Waals surface area contributed by atoms with Crippen LogP contribution < -0.4 is 0 Å². The third-order valence-corrected chi connectivity index (χ3v) is 9.13. The Morgan fingerprint density at radius 3 is 2.75 bits per heavy atom. The number of aromatic nitrogens is 4. The molecule has 0 spiro atoms. The van der Waals surface area contributed by atoms with Crippen molar-refractivity contribution in [1.29, 1.82) is 0 Å². The lowest BCUT2D eigenvalue weighted by Crippen LogP contribution is -2.48. The Hall–Kier alpha value is -2.41. The van der Waals surface area contributed by atoms with Gasteiger partial charge in [0.25, 0.3) is 0 Å². The van der Waals surface area contributed by atoms with Crippen LogP contribution in [0.25, 0.3) is 16.7 Å².